The van der Waals surface area contributed by atoms with E-state index >= 15 is 0 Å². The largest absolute Gasteiger partial charge is 0.279 e. The third kappa shape index (κ3) is 5.24. The van der Waals surface area contributed by atoms with Gasteiger partial charge in [0.1, 0.15) is 0 Å². The maximum atomic E-state index is 11.7. The van der Waals surface area contributed by atoms with Crippen molar-refractivity contribution in [1.29, 1.82) is 0 Å². The van der Waals surface area contributed by atoms with Crippen LogP contribution in [0.1, 0.15) is 21.0 Å². The highest BCUT2D eigenvalue weighted by Gasteiger charge is 2.09. The van der Waals surface area contributed by atoms with Gasteiger partial charge in [0.05, 0.1) is 4.88 Å². The van der Waals surface area contributed by atoms with Gasteiger partial charge >= 0.3 is 0 Å². The van der Waals surface area contributed by atoms with E-state index in [-0.39, 0.29) is 11.8 Å². The molecule has 0 spiro atoms. The van der Waals surface area contributed by atoms with Crippen molar-refractivity contribution >= 4 is 34.9 Å². The van der Waals surface area contributed by atoms with Crippen molar-refractivity contribution in [2.45, 2.75) is 18.2 Å². The monoisotopic (exact) mass is 320 g/mol. The Labute approximate surface area is 131 Å². The van der Waals surface area contributed by atoms with Gasteiger partial charge in [0.15, 0.2) is 0 Å². The number of hydrogen-bond donors (Lipinski definition) is 2. The van der Waals surface area contributed by atoms with Gasteiger partial charge in [-0.2, -0.15) is 0 Å². The number of thioether (sulfide) groups is 1. The molecule has 1 heterocycles. The second-order valence-corrected chi connectivity index (χ2v) is 6.78. The standard InChI is InChI=1S/C15H16N2O2S2/c1-11-7-8-13(21-11)15(19)17-16-14(18)9-10-20-12-5-3-2-4-6-12/h2-8H,9-10H2,1H3,(H,16,18)(H,17,19). The number of hydrogen-bond acceptors (Lipinski definition) is 4. The molecule has 2 rings (SSSR count). The van der Waals surface area contributed by atoms with E-state index in [1.54, 1.807) is 17.8 Å². The van der Waals surface area contributed by atoms with Crippen LogP contribution in [-0.4, -0.2) is 17.6 Å². The second kappa shape index (κ2) is 7.85. The molecule has 110 valence electrons. The van der Waals surface area contributed by atoms with Gasteiger partial charge in [-0.25, -0.2) is 0 Å². The number of benzene rings is 1. The number of nitrogens with one attached hydrogen (secondary N) is 2. The summed E-state index contributed by atoms with van der Waals surface area (Å²) in [4.78, 5) is 26.2. The molecule has 2 N–H and O–H groups in total. The highest BCUT2D eigenvalue weighted by molar-refractivity contribution is 7.99. The van der Waals surface area contributed by atoms with E-state index in [1.165, 1.54) is 11.3 Å². The van der Waals surface area contributed by atoms with Crippen LogP contribution >= 0.6 is 23.1 Å². The van der Waals surface area contributed by atoms with Crippen LogP contribution < -0.4 is 10.9 Å². The lowest BCUT2D eigenvalue weighted by Gasteiger charge is -2.06. The fourth-order valence-corrected chi connectivity index (χ4v) is 3.22. The Balaban J connectivity index is 1.67. The molecule has 2 amide bonds. The number of hydrazine groups is 1. The predicted octanol–water partition coefficient (Wildman–Crippen LogP) is 3.00. The lowest BCUT2D eigenvalue weighted by molar-refractivity contribution is -0.121. The minimum Gasteiger partial charge on any atom is -0.273 e. The molecule has 0 aliphatic carbocycles. The van der Waals surface area contributed by atoms with E-state index in [1.807, 2.05) is 43.3 Å². The van der Waals surface area contributed by atoms with Gasteiger partial charge in [-0.3, -0.25) is 20.4 Å². The van der Waals surface area contributed by atoms with Crippen molar-refractivity contribution in [2.75, 3.05) is 5.75 Å². The van der Waals surface area contributed by atoms with E-state index in [0.717, 1.165) is 9.77 Å². The van der Waals surface area contributed by atoms with Gasteiger partial charge in [0.25, 0.3) is 5.91 Å². The zero-order chi connectivity index (χ0) is 15.1. The summed E-state index contributed by atoms with van der Waals surface area (Å²) in [6, 6.07) is 13.5. The first-order valence-electron chi connectivity index (χ1n) is 6.48. The lowest BCUT2D eigenvalue weighted by atomic mass is 10.4. The number of carbonyl (C=O) groups is 2. The first kappa shape index (κ1) is 15.6. The molecular weight excluding hydrogens is 304 g/mol. The van der Waals surface area contributed by atoms with Crippen molar-refractivity contribution in [1.82, 2.24) is 10.9 Å². The highest BCUT2D eigenvalue weighted by atomic mass is 32.2. The quantitative estimate of drug-likeness (QED) is 0.658. The molecule has 0 bridgehead atoms. The maximum Gasteiger partial charge on any atom is 0.279 e. The summed E-state index contributed by atoms with van der Waals surface area (Å²) >= 11 is 3.01. The fourth-order valence-electron chi connectivity index (χ4n) is 1.59. The molecule has 0 radical (unpaired) electrons. The highest BCUT2D eigenvalue weighted by Crippen LogP contribution is 2.17. The van der Waals surface area contributed by atoms with Gasteiger partial charge in [-0.15, -0.1) is 23.1 Å². The average Bonchev–Trinajstić information content (AvgIpc) is 2.92. The molecule has 0 saturated heterocycles. The van der Waals surface area contributed by atoms with Crippen molar-refractivity contribution in [3.8, 4) is 0 Å². The maximum absolute atomic E-state index is 11.7. The summed E-state index contributed by atoms with van der Waals surface area (Å²) < 4.78 is 0. The average molecular weight is 320 g/mol. The first-order valence-corrected chi connectivity index (χ1v) is 8.29. The zero-order valence-corrected chi connectivity index (χ0v) is 13.2. The molecule has 21 heavy (non-hydrogen) atoms. The van der Waals surface area contributed by atoms with Crippen molar-refractivity contribution < 1.29 is 9.59 Å². The summed E-state index contributed by atoms with van der Waals surface area (Å²) in [5.41, 5.74) is 4.85. The summed E-state index contributed by atoms with van der Waals surface area (Å²) in [5, 5.41) is 0. The van der Waals surface area contributed by atoms with Crippen LogP contribution in [0.2, 0.25) is 0 Å². The smallest absolute Gasteiger partial charge is 0.273 e. The Morgan fingerprint density at radius 1 is 1.10 bits per heavy atom. The van der Waals surface area contributed by atoms with Crippen LogP contribution in [0.5, 0.6) is 0 Å². The van der Waals surface area contributed by atoms with Gasteiger partial charge in [0, 0.05) is 21.9 Å². The topological polar surface area (TPSA) is 58.2 Å². The molecule has 0 aliphatic rings. The zero-order valence-electron chi connectivity index (χ0n) is 11.6. The van der Waals surface area contributed by atoms with E-state index in [4.69, 9.17) is 0 Å². The Hall–Kier alpha value is -1.79. The van der Waals surface area contributed by atoms with Gasteiger partial charge in [-0.1, -0.05) is 18.2 Å². The van der Waals surface area contributed by atoms with Crippen molar-refractivity contribution in [2.24, 2.45) is 0 Å². The van der Waals surface area contributed by atoms with Gasteiger partial charge < -0.3 is 0 Å². The Morgan fingerprint density at radius 2 is 1.86 bits per heavy atom. The summed E-state index contributed by atoms with van der Waals surface area (Å²) in [7, 11) is 0. The molecule has 0 saturated carbocycles. The van der Waals surface area contributed by atoms with E-state index in [9.17, 15) is 9.59 Å². The summed E-state index contributed by atoms with van der Waals surface area (Å²) in [6.07, 6.45) is 0.351. The predicted molar refractivity (Wildman–Crippen MR) is 86.4 cm³/mol. The minimum atomic E-state index is -0.280. The van der Waals surface area contributed by atoms with Crippen LogP contribution in [0.25, 0.3) is 0 Å². The van der Waals surface area contributed by atoms with Crippen LogP contribution in [0.15, 0.2) is 47.4 Å². The molecule has 4 nitrogen and oxygen atoms in total. The second-order valence-electron chi connectivity index (χ2n) is 4.32. The van der Waals surface area contributed by atoms with Crippen LogP contribution in [0.3, 0.4) is 0 Å². The molecule has 6 heteroatoms. The number of rotatable bonds is 5. The van der Waals surface area contributed by atoms with Crippen molar-refractivity contribution in [3.63, 3.8) is 0 Å². The molecule has 1 aromatic carbocycles. The fraction of sp³-hybridized carbons (Fsp3) is 0.200. The SMILES string of the molecule is Cc1ccc(C(=O)NNC(=O)CCSc2ccccc2)s1. The van der Waals surface area contributed by atoms with E-state index in [2.05, 4.69) is 10.9 Å². The number of amides is 2. The Bertz CT molecular complexity index is 611. The number of aryl methyl sites for hydroxylation is 1. The van der Waals surface area contributed by atoms with E-state index < -0.39 is 0 Å². The van der Waals surface area contributed by atoms with Gasteiger partial charge in [0.2, 0.25) is 5.91 Å². The molecule has 2 aromatic rings. The van der Waals surface area contributed by atoms with Crippen LogP contribution in [0.4, 0.5) is 0 Å². The van der Waals surface area contributed by atoms with Crippen molar-refractivity contribution in [3.05, 3.63) is 52.2 Å². The summed E-state index contributed by atoms with van der Waals surface area (Å²) in [6.45, 7) is 1.93. The van der Waals surface area contributed by atoms with Gasteiger partial charge in [-0.05, 0) is 31.2 Å². The number of carbonyl (C=O) groups excluding carboxylic acids is 2. The normalized spacial score (nSPS) is 10.1. The third-order valence-corrected chi connectivity index (χ3v) is 4.63. The Kier molecular flexibility index (Phi) is 5.83. The molecule has 0 fully saturated rings. The molecule has 0 aliphatic heterocycles. The first-order chi connectivity index (χ1) is 10.1. The van der Waals surface area contributed by atoms with E-state index in [0.29, 0.717) is 17.1 Å². The summed E-state index contributed by atoms with van der Waals surface area (Å²) in [5.74, 6) is 0.196. The molecule has 0 unspecified atom stereocenters. The van der Waals surface area contributed by atoms with Crippen LogP contribution in [0, 0.1) is 6.92 Å². The molecular formula is C15H16N2O2S2. The minimum absolute atomic E-state index is 0.194. The third-order valence-electron chi connectivity index (χ3n) is 2.62. The molecule has 0 atom stereocenters. The number of thiophene rings is 1. The Morgan fingerprint density at radius 3 is 2.52 bits per heavy atom. The van der Waals surface area contributed by atoms with Crippen LogP contribution in [-0.2, 0) is 4.79 Å². The molecule has 1 aromatic heterocycles. The lowest BCUT2D eigenvalue weighted by Crippen LogP contribution is -2.41.